The molecule has 1 heterocycles. The minimum Gasteiger partial charge on any atom is -0.396 e. The van der Waals surface area contributed by atoms with Crippen molar-refractivity contribution in [2.45, 2.75) is 26.2 Å². The molecule has 6 nitrogen and oxygen atoms in total. The van der Waals surface area contributed by atoms with E-state index in [1.807, 2.05) is 6.92 Å². The summed E-state index contributed by atoms with van der Waals surface area (Å²) in [5.41, 5.74) is 2.13. The second-order valence-corrected chi connectivity index (χ2v) is 5.84. The van der Waals surface area contributed by atoms with Crippen LogP contribution in [0, 0.1) is 6.92 Å². The second kappa shape index (κ2) is 6.73. The minimum absolute atomic E-state index is 0.0196. The molecule has 7 heteroatoms. The first-order valence-electron chi connectivity index (χ1n) is 5.62. The number of nitrogens with one attached hydrogen (secondary N) is 2. The molecule has 0 atom stereocenters. The van der Waals surface area contributed by atoms with Gasteiger partial charge in [0.25, 0.3) is 0 Å². The number of rotatable bonds is 8. The van der Waals surface area contributed by atoms with Crippen molar-refractivity contribution >= 4 is 10.0 Å². The summed E-state index contributed by atoms with van der Waals surface area (Å²) in [5, 5.41) is 15.3. The number of hydrogen-bond donors (Lipinski definition) is 3. The molecule has 0 unspecified atom stereocenters. The van der Waals surface area contributed by atoms with E-state index in [0.717, 1.165) is 24.1 Å². The molecule has 0 bridgehead atoms. The summed E-state index contributed by atoms with van der Waals surface area (Å²) < 4.78 is 25.3. The molecule has 3 N–H and O–H groups in total. The molecule has 1 rings (SSSR count). The van der Waals surface area contributed by atoms with E-state index >= 15 is 0 Å². The number of hydrogen-bond acceptors (Lipinski definition) is 4. The second-order valence-electron chi connectivity index (χ2n) is 3.91. The number of nitrogens with zero attached hydrogens (tertiary/aromatic N) is 1. The third-order valence-electron chi connectivity index (χ3n) is 2.45. The fourth-order valence-electron chi connectivity index (χ4n) is 1.46. The Labute approximate surface area is 101 Å². The Kier molecular flexibility index (Phi) is 5.60. The minimum atomic E-state index is -3.23. The lowest BCUT2D eigenvalue weighted by Gasteiger charge is -2.05. The molecule has 0 amide bonds. The van der Waals surface area contributed by atoms with Crippen molar-refractivity contribution in [3.63, 3.8) is 0 Å². The fraction of sp³-hybridized carbons (Fsp3) is 0.700. The van der Waals surface area contributed by atoms with Crippen molar-refractivity contribution in [2.75, 3.05) is 18.9 Å². The zero-order valence-electron chi connectivity index (χ0n) is 9.94. The Hall–Kier alpha value is -0.920. The first kappa shape index (κ1) is 14.1. The van der Waals surface area contributed by atoms with Gasteiger partial charge in [0.1, 0.15) is 0 Å². The van der Waals surface area contributed by atoms with Crippen molar-refractivity contribution < 1.29 is 13.5 Å². The van der Waals surface area contributed by atoms with E-state index in [0.29, 0.717) is 6.54 Å². The van der Waals surface area contributed by atoms with Crippen molar-refractivity contribution in [1.29, 1.82) is 0 Å². The Balaban J connectivity index is 2.22. The molecular formula is C10H19N3O3S. The molecule has 0 aliphatic rings. The molecule has 0 aromatic carbocycles. The van der Waals surface area contributed by atoms with Gasteiger partial charge in [-0.15, -0.1) is 0 Å². The molecule has 0 saturated heterocycles. The lowest BCUT2D eigenvalue weighted by Crippen LogP contribution is -2.28. The molecule has 0 fully saturated rings. The van der Waals surface area contributed by atoms with Gasteiger partial charge in [0.05, 0.1) is 11.9 Å². The predicted octanol–water partition coefficient (Wildman–Crippen LogP) is -0.0475. The fourth-order valence-corrected chi connectivity index (χ4v) is 2.57. The zero-order valence-corrected chi connectivity index (χ0v) is 10.8. The van der Waals surface area contributed by atoms with Gasteiger partial charge < -0.3 is 5.11 Å². The number of aliphatic hydroxyl groups excluding tert-OH is 1. The lowest BCUT2D eigenvalue weighted by atomic mass is 10.1. The van der Waals surface area contributed by atoms with Crippen molar-refractivity contribution in [1.82, 2.24) is 14.9 Å². The summed E-state index contributed by atoms with van der Waals surface area (Å²) >= 11 is 0. The number of aromatic amines is 1. The van der Waals surface area contributed by atoms with Crippen LogP contribution in [0.5, 0.6) is 0 Å². The summed E-state index contributed by atoms with van der Waals surface area (Å²) in [5.74, 6) is -0.0196. The highest BCUT2D eigenvalue weighted by Crippen LogP contribution is 2.05. The predicted molar refractivity (Wildman–Crippen MR) is 65.1 cm³/mol. The average molecular weight is 261 g/mol. The van der Waals surface area contributed by atoms with Crippen LogP contribution in [-0.2, 0) is 16.4 Å². The van der Waals surface area contributed by atoms with Gasteiger partial charge in [0.15, 0.2) is 0 Å². The van der Waals surface area contributed by atoms with Crippen molar-refractivity contribution in [3.8, 4) is 0 Å². The van der Waals surface area contributed by atoms with E-state index in [2.05, 4.69) is 14.9 Å². The van der Waals surface area contributed by atoms with Crippen LogP contribution in [-0.4, -0.2) is 42.6 Å². The largest absolute Gasteiger partial charge is 0.396 e. The maximum Gasteiger partial charge on any atom is 0.211 e. The maximum atomic E-state index is 11.4. The molecule has 0 radical (unpaired) electrons. The van der Waals surface area contributed by atoms with Gasteiger partial charge in [-0.2, -0.15) is 5.10 Å². The van der Waals surface area contributed by atoms with E-state index in [1.54, 1.807) is 6.20 Å². The van der Waals surface area contributed by atoms with Gasteiger partial charge >= 0.3 is 0 Å². The molecule has 0 spiro atoms. The first-order chi connectivity index (χ1) is 8.05. The van der Waals surface area contributed by atoms with Crippen LogP contribution in [0.1, 0.15) is 24.1 Å². The summed E-state index contributed by atoms with van der Waals surface area (Å²) in [7, 11) is -3.23. The van der Waals surface area contributed by atoms with Gasteiger partial charge in [-0.3, -0.25) is 5.10 Å². The van der Waals surface area contributed by atoms with E-state index in [1.165, 1.54) is 0 Å². The van der Waals surface area contributed by atoms with Crippen molar-refractivity contribution in [2.24, 2.45) is 0 Å². The number of H-pyrrole nitrogens is 1. The average Bonchev–Trinajstić information content (AvgIpc) is 2.68. The van der Waals surface area contributed by atoms with Crippen LogP contribution in [0.15, 0.2) is 6.20 Å². The Morgan fingerprint density at radius 2 is 2.24 bits per heavy atom. The lowest BCUT2D eigenvalue weighted by molar-refractivity contribution is 0.295. The van der Waals surface area contributed by atoms with Crippen LogP contribution in [0.25, 0.3) is 0 Å². The summed E-state index contributed by atoms with van der Waals surface area (Å²) in [6, 6.07) is 0. The summed E-state index contributed by atoms with van der Waals surface area (Å²) in [6.45, 7) is 2.25. The van der Waals surface area contributed by atoms with Gasteiger partial charge in [0, 0.05) is 18.8 Å². The molecule has 98 valence electrons. The third-order valence-corrected chi connectivity index (χ3v) is 3.92. The van der Waals surface area contributed by atoms with Crippen LogP contribution in [0.4, 0.5) is 0 Å². The molecule has 17 heavy (non-hydrogen) atoms. The number of aliphatic hydroxyl groups is 1. The molecule has 0 aliphatic heterocycles. The van der Waals surface area contributed by atoms with E-state index < -0.39 is 10.0 Å². The molecular weight excluding hydrogens is 242 g/mol. The maximum absolute atomic E-state index is 11.4. The topological polar surface area (TPSA) is 95.1 Å². The molecule has 0 saturated carbocycles. The monoisotopic (exact) mass is 261 g/mol. The van der Waals surface area contributed by atoms with Crippen LogP contribution >= 0.6 is 0 Å². The van der Waals surface area contributed by atoms with E-state index in [-0.39, 0.29) is 18.8 Å². The Bertz CT molecular complexity index is 428. The molecule has 0 aliphatic carbocycles. The number of sulfonamides is 1. The Morgan fingerprint density at radius 3 is 2.82 bits per heavy atom. The van der Waals surface area contributed by atoms with Gasteiger partial charge in [-0.1, -0.05) is 0 Å². The zero-order chi connectivity index (χ0) is 12.7. The number of aryl methyl sites for hydroxylation is 2. The smallest absolute Gasteiger partial charge is 0.211 e. The van der Waals surface area contributed by atoms with Crippen molar-refractivity contribution in [3.05, 3.63) is 17.5 Å². The molecule has 1 aromatic rings. The highest BCUT2D eigenvalue weighted by molar-refractivity contribution is 7.89. The quantitative estimate of drug-likeness (QED) is 0.572. The van der Waals surface area contributed by atoms with Gasteiger partial charge in [0.2, 0.25) is 10.0 Å². The number of aromatic nitrogens is 2. The SMILES string of the molecule is Cc1[nH]ncc1CCCNS(=O)(=O)CCCO. The molecule has 1 aromatic heterocycles. The highest BCUT2D eigenvalue weighted by atomic mass is 32.2. The van der Waals surface area contributed by atoms with Crippen LogP contribution in [0.3, 0.4) is 0 Å². The van der Waals surface area contributed by atoms with Crippen LogP contribution < -0.4 is 4.72 Å². The van der Waals surface area contributed by atoms with E-state index in [9.17, 15) is 8.42 Å². The van der Waals surface area contributed by atoms with Gasteiger partial charge in [-0.05, 0) is 31.7 Å². The summed E-state index contributed by atoms with van der Waals surface area (Å²) in [4.78, 5) is 0. The standard InChI is InChI=1S/C10H19N3O3S/c1-9-10(8-11-13-9)4-2-5-12-17(15,16)7-3-6-14/h8,12,14H,2-7H2,1H3,(H,11,13). The first-order valence-corrected chi connectivity index (χ1v) is 7.27. The highest BCUT2D eigenvalue weighted by Gasteiger charge is 2.08. The Morgan fingerprint density at radius 1 is 1.47 bits per heavy atom. The third kappa shape index (κ3) is 5.29. The normalized spacial score (nSPS) is 11.9. The van der Waals surface area contributed by atoms with E-state index in [4.69, 9.17) is 5.11 Å². The summed E-state index contributed by atoms with van der Waals surface area (Å²) in [6.07, 6.45) is 3.56. The van der Waals surface area contributed by atoms with Crippen LogP contribution in [0.2, 0.25) is 0 Å². The van der Waals surface area contributed by atoms with Gasteiger partial charge in [-0.25, -0.2) is 13.1 Å².